The van der Waals surface area contributed by atoms with E-state index in [9.17, 15) is 13.8 Å². The standard InChI is InChI=1S/C16H13ClO4S/c17-14-6-4-12(5-7-14)15(18)10-22(21)9-11-2-1-3-13(8-11)16(19)20/h1-8H,9-10H2,(H,19,20). The van der Waals surface area contributed by atoms with Crippen molar-refractivity contribution in [1.29, 1.82) is 0 Å². The number of hydrogen-bond donors (Lipinski definition) is 1. The molecule has 6 heteroatoms. The van der Waals surface area contributed by atoms with Gasteiger partial charge in [0.05, 0.1) is 11.3 Å². The minimum Gasteiger partial charge on any atom is -0.478 e. The zero-order valence-corrected chi connectivity index (χ0v) is 13.1. The second-order valence-corrected chi connectivity index (χ2v) is 6.56. The fourth-order valence-electron chi connectivity index (χ4n) is 1.90. The first kappa shape index (κ1) is 16.4. The van der Waals surface area contributed by atoms with Crippen molar-refractivity contribution in [2.75, 3.05) is 5.75 Å². The van der Waals surface area contributed by atoms with E-state index in [0.717, 1.165) is 0 Å². The SMILES string of the molecule is O=C(O)c1cccc(CS(=O)CC(=O)c2ccc(Cl)cc2)c1. The van der Waals surface area contributed by atoms with E-state index >= 15 is 0 Å². The highest BCUT2D eigenvalue weighted by atomic mass is 35.5. The maximum Gasteiger partial charge on any atom is 0.335 e. The van der Waals surface area contributed by atoms with Crippen LogP contribution in [0.2, 0.25) is 5.02 Å². The second kappa shape index (κ2) is 7.33. The monoisotopic (exact) mass is 336 g/mol. The second-order valence-electron chi connectivity index (χ2n) is 4.66. The molecule has 4 nitrogen and oxygen atoms in total. The summed E-state index contributed by atoms with van der Waals surface area (Å²) in [6, 6.07) is 12.6. The molecule has 0 aliphatic heterocycles. The van der Waals surface area contributed by atoms with E-state index < -0.39 is 16.8 Å². The summed E-state index contributed by atoms with van der Waals surface area (Å²) in [5, 5.41) is 9.45. The largest absolute Gasteiger partial charge is 0.478 e. The van der Waals surface area contributed by atoms with E-state index in [0.29, 0.717) is 16.1 Å². The Labute approximate surface area is 135 Å². The van der Waals surface area contributed by atoms with Crippen LogP contribution in [0.15, 0.2) is 48.5 Å². The molecule has 2 rings (SSSR count). The summed E-state index contributed by atoms with van der Waals surface area (Å²) in [7, 11) is -1.40. The molecule has 0 radical (unpaired) electrons. The van der Waals surface area contributed by atoms with Crippen molar-refractivity contribution in [3.8, 4) is 0 Å². The molecule has 0 heterocycles. The van der Waals surface area contributed by atoms with Crippen LogP contribution in [0.5, 0.6) is 0 Å². The van der Waals surface area contributed by atoms with Crippen LogP contribution in [-0.4, -0.2) is 26.8 Å². The lowest BCUT2D eigenvalue weighted by molar-refractivity contribution is 0.0696. The van der Waals surface area contributed by atoms with Gasteiger partial charge in [0.2, 0.25) is 0 Å². The molecule has 0 amide bonds. The summed E-state index contributed by atoms with van der Waals surface area (Å²) in [6.45, 7) is 0. The topological polar surface area (TPSA) is 71.4 Å². The van der Waals surface area contributed by atoms with E-state index in [1.165, 1.54) is 12.1 Å². The third-order valence-electron chi connectivity index (χ3n) is 2.96. The third-order valence-corrected chi connectivity index (χ3v) is 4.45. The minimum absolute atomic E-state index is 0.112. The van der Waals surface area contributed by atoms with E-state index in [4.69, 9.17) is 16.7 Å². The van der Waals surface area contributed by atoms with Gasteiger partial charge in [0, 0.05) is 27.1 Å². The van der Waals surface area contributed by atoms with Gasteiger partial charge in [-0.25, -0.2) is 4.79 Å². The number of ketones is 1. The molecule has 0 saturated carbocycles. The van der Waals surface area contributed by atoms with Gasteiger partial charge in [-0.15, -0.1) is 0 Å². The molecule has 0 bridgehead atoms. The number of rotatable bonds is 6. The first-order valence-electron chi connectivity index (χ1n) is 6.41. The summed E-state index contributed by atoms with van der Waals surface area (Å²) >= 11 is 5.75. The van der Waals surface area contributed by atoms with Gasteiger partial charge in [-0.1, -0.05) is 23.7 Å². The van der Waals surface area contributed by atoms with Gasteiger partial charge in [0.1, 0.15) is 0 Å². The molecule has 2 aromatic rings. The van der Waals surface area contributed by atoms with Crippen molar-refractivity contribution in [2.45, 2.75) is 5.75 Å². The van der Waals surface area contributed by atoms with Gasteiger partial charge < -0.3 is 5.11 Å². The van der Waals surface area contributed by atoms with Crippen LogP contribution in [-0.2, 0) is 16.6 Å². The van der Waals surface area contributed by atoms with Crippen LogP contribution in [0.1, 0.15) is 26.3 Å². The molecule has 1 atom stereocenters. The summed E-state index contributed by atoms with van der Waals surface area (Å²) < 4.78 is 12.1. The Morgan fingerprint density at radius 1 is 1.05 bits per heavy atom. The van der Waals surface area contributed by atoms with Crippen LogP contribution in [0.4, 0.5) is 0 Å². The molecule has 22 heavy (non-hydrogen) atoms. The van der Waals surface area contributed by atoms with Crippen LogP contribution in [0.25, 0.3) is 0 Å². The summed E-state index contributed by atoms with van der Waals surface area (Å²) in [4.78, 5) is 22.9. The molecule has 0 aliphatic carbocycles. The number of carbonyl (C=O) groups is 2. The van der Waals surface area contributed by atoms with E-state index in [1.807, 2.05) is 0 Å². The molecule has 0 spiro atoms. The maximum absolute atomic E-state index is 12.1. The average Bonchev–Trinajstić information content (AvgIpc) is 2.47. The Hall–Kier alpha value is -1.98. The van der Waals surface area contributed by atoms with Crippen molar-refractivity contribution in [3.05, 3.63) is 70.2 Å². The molecule has 114 valence electrons. The fraction of sp³-hybridized carbons (Fsp3) is 0.125. The van der Waals surface area contributed by atoms with Crippen molar-refractivity contribution >= 4 is 34.2 Å². The lowest BCUT2D eigenvalue weighted by Crippen LogP contribution is -2.12. The lowest BCUT2D eigenvalue weighted by Gasteiger charge is -2.04. The van der Waals surface area contributed by atoms with E-state index in [1.54, 1.807) is 36.4 Å². The third kappa shape index (κ3) is 4.51. The number of carboxylic acids is 1. The Kier molecular flexibility index (Phi) is 5.46. The number of carboxylic acid groups (broad SMARTS) is 1. The Morgan fingerprint density at radius 3 is 2.36 bits per heavy atom. The Balaban J connectivity index is 2.01. The molecule has 0 aliphatic rings. The molecule has 1 N–H and O–H groups in total. The van der Waals surface area contributed by atoms with Gasteiger partial charge in [0.15, 0.2) is 5.78 Å². The molecule has 1 unspecified atom stereocenters. The van der Waals surface area contributed by atoms with E-state index in [2.05, 4.69) is 0 Å². The number of benzene rings is 2. The van der Waals surface area contributed by atoms with Gasteiger partial charge >= 0.3 is 5.97 Å². The molecule has 0 fully saturated rings. The summed E-state index contributed by atoms with van der Waals surface area (Å²) in [5.74, 6) is -1.24. The average molecular weight is 337 g/mol. The molecular formula is C16H13ClO4S. The lowest BCUT2D eigenvalue weighted by atomic mass is 10.1. The number of hydrogen-bond acceptors (Lipinski definition) is 3. The highest BCUT2D eigenvalue weighted by molar-refractivity contribution is 7.85. The van der Waals surface area contributed by atoms with Gasteiger partial charge in [0.25, 0.3) is 0 Å². The quantitative estimate of drug-likeness (QED) is 0.822. The first-order valence-corrected chi connectivity index (χ1v) is 8.28. The zero-order valence-electron chi connectivity index (χ0n) is 11.5. The molecule has 0 aromatic heterocycles. The fourth-order valence-corrected chi connectivity index (χ4v) is 3.13. The molecule has 2 aromatic carbocycles. The minimum atomic E-state index is -1.40. The predicted molar refractivity (Wildman–Crippen MR) is 85.9 cm³/mol. The highest BCUT2D eigenvalue weighted by Crippen LogP contribution is 2.12. The van der Waals surface area contributed by atoms with Crippen molar-refractivity contribution in [3.63, 3.8) is 0 Å². The Bertz CT molecular complexity index is 725. The highest BCUT2D eigenvalue weighted by Gasteiger charge is 2.12. The van der Waals surface area contributed by atoms with Crippen LogP contribution >= 0.6 is 11.6 Å². The molecule has 0 saturated heterocycles. The van der Waals surface area contributed by atoms with Crippen molar-refractivity contribution in [1.82, 2.24) is 0 Å². The van der Waals surface area contributed by atoms with Crippen LogP contribution < -0.4 is 0 Å². The zero-order chi connectivity index (χ0) is 16.1. The van der Waals surface area contributed by atoms with Gasteiger partial charge in [-0.05, 0) is 42.0 Å². The normalized spacial score (nSPS) is 11.9. The summed E-state index contributed by atoms with van der Waals surface area (Å²) in [6.07, 6.45) is 0. The first-order chi connectivity index (χ1) is 10.5. The maximum atomic E-state index is 12.1. The van der Waals surface area contributed by atoms with Crippen molar-refractivity contribution in [2.24, 2.45) is 0 Å². The predicted octanol–water partition coefficient (Wildman–Crippen LogP) is 3.17. The Morgan fingerprint density at radius 2 is 1.73 bits per heavy atom. The number of halogens is 1. The van der Waals surface area contributed by atoms with Crippen LogP contribution in [0.3, 0.4) is 0 Å². The number of carbonyl (C=O) groups excluding carboxylic acids is 1. The molecular weight excluding hydrogens is 324 g/mol. The smallest absolute Gasteiger partial charge is 0.335 e. The van der Waals surface area contributed by atoms with Gasteiger partial charge in [-0.3, -0.25) is 9.00 Å². The number of Topliss-reactive ketones (excluding diaryl/α,β-unsaturated/α-hetero) is 1. The van der Waals surface area contributed by atoms with Crippen molar-refractivity contribution < 1.29 is 18.9 Å². The van der Waals surface area contributed by atoms with Gasteiger partial charge in [-0.2, -0.15) is 0 Å². The van der Waals surface area contributed by atoms with Crippen LogP contribution in [0, 0.1) is 0 Å². The van der Waals surface area contributed by atoms with E-state index in [-0.39, 0.29) is 22.9 Å². The number of aromatic carboxylic acids is 1. The summed E-state index contributed by atoms with van der Waals surface area (Å²) in [5.41, 5.74) is 1.22.